The number of ether oxygens (including phenoxy) is 2. The lowest BCUT2D eigenvalue weighted by atomic mass is 10.2. The Bertz CT molecular complexity index is 785. The average molecular weight is 313 g/mol. The molecule has 4 rings (SSSR count). The van der Waals surface area contributed by atoms with E-state index >= 15 is 0 Å². The number of fused-ring (bicyclic) bond motifs is 2. The van der Waals surface area contributed by atoms with Crippen LogP contribution >= 0.6 is 11.3 Å². The molecule has 0 atom stereocenters. The van der Waals surface area contributed by atoms with E-state index < -0.39 is 0 Å². The maximum atomic E-state index is 5.72. The van der Waals surface area contributed by atoms with E-state index in [0.717, 1.165) is 45.6 Å². The molecule has 0 aliphatic carbocycles. The SMILES string of the molecule is COc1ccc2c(c1)N(Cc1nc3cccnc3s1)CCO2. The normalized spacial score (nSPS) is 13.8. The van der Waals surface area contributed by atoms with Crippen molar-refractivity contribution in [2.24, 2.45) is 0 Å². The van der Waals surface area contributed by atoms with E-state index in [9.17, 15) is 0 Å². The van der Waals surface area contributed by atoms with Crippen LogP contribution in [0.3, 0.4) is 0 Å². The second-order valence-electron chi connectivity index (χ2n) is 5.04. The Balaban J connectivity index is 1.66. The molecule has 1 aliphatic heterocycles. The fourth-order valence-electron chi connectivity index (χ4n) is 2.59. The first-order chi connectivity index (χ1) is 10.8. The van der Waals surface area contributed by atoms with E-state index in [0.29, 0.717) is 6.61 Å². The number of rotatable bonds is 3. The first-order valence-electron chi connectivity index (χ1n) is 7.10. The third-order valence-corrected chi connectivity index (χ3v) is 4.63. The monoisotopic (exact) mass is 313 g/mol. The van der Waals surface area contributed by atoms with Crippen LogP contribution in [0.5, 0.6) is 11.5 Å². The lowest BCUT2D eigenvalue weighted by Gasteiger charge is -2.30. The highest BCUT2D eigenvalue weighted by Gasteiger charge is 2.20. The van der Waals surface area contributed by atoms with Crippen molar-refractivity contribution in [1.82, 2.24) is 9.97 Å². The summed E-state index contributed by atoms with van der Waals surface area (Å²) in [4.78, 5) is 12.3. The lowest BCUT2D eigenvalue weighted by molar-refractivity contribution is 0.305. The third kappa shape index (κ3) is 2.35. The smallest absolute Gasteiger partial charge is 0.143 e. The Labute approximate surface area is 132 Å². The fourth-order valence-corrected chi connectivity index (χ4v) is 3.51. The molecule has 2 aromatic heterocycles. The van der Waals surface area contributed by atoms with Crippen LogP contribution in [0.15, 0.2) is 36.5 Å². The largest absolute Gasteiger partial charge is 0.497 e. The summed E-state index contributed by atoms with van der Waals surface area (Å²) < 4.78 is 11.0. The molecule has 3 aromatic rings. The van der Waals surface area contributed by atoms with E-state index in [1.165, 1.54) is 0 Å². The maximum Gasteiger partial charge on any atom is 0.143 e. The van der Waals surface area contributed by atoms with Crippen molar-refractivity contribution in [3.63, 3.8) is 0 Å². The van der Waals surface area contributed by atoms with Crippen molar-refractivity contribution in [2.45, 2.75) is 6.54 Å². The van der Waals surface area contributed by atoms with Crippen LogP contribution in [0.1, 0.15) is 5.01 Å². The number of hydrogen-bond donors (Lipinski definition) is 0. The number of aromatic nitrogens is 2. The minimum absolute atomic E-state index is 0.683. The van der Waals surface area contributed by atoms with Gasteiger partial charge in [-0.15, -0.1) is 0 Å². The zero-order chi connectivity index (χ0) is 14.9. The van der Waals surface area contributed by atoms with Gasteiger partial charge in [0.05, 0.1) is 25.9 Å². The molecular formula is C16H15N3O2S. The molecule has 0 amide bonds. The molecule has 112 valence electrons. The minimum Gasteiger partial charge on any atom is -0.497 e. The van der Waals surface area contributed by atoms with Gasteiger partial charge >= 0.3 is 0 Å². The van der Waals surface area contributed by atoms with Crippen molar-refractivity contribution in [2.75, 3.05) is 25.2 Å². The lowest BCUT2D eigenvalue weighted by Crippen LogP contribution is -2.32. The Kier molecular flexibility index (Phi) is 3.31. The maximum absolute atomic E-state index is 5.72. The number of nitrogens with zero attached hydrogens (tertiary/aromatic N) is 3. The van der Waals surface area contributed by atoms with E-state index in [1.54, 1.807) is 24.6 Å². The molecule has 0 fully saturated rings. The molecule has 0 bridgehead atoms. The highest BCUT2D eigenvalue weighted by Crippen LogP contribution is 2.36. The molecule has 0 saturated heterocycles. The first kappa shape index (κ1) is 13.3. The van der Waals surface area contributed by atoms with Gasteiger partial charge in [-0.3, -0.25) is 0 Å². The van der Waals surface area contributed by atoms with E-state index in [2.05, 4.69) is 14.9 Å². The van der Waals surface area contributed by atoms with Gasteiger partial charge in [0, 0.05) is 12.3 Å². The molecule has 1 aliphatic rings. The van der Waals surface area contributed by atoms with Gasteiger partial charge in [0.25, 0.3) is 0 Å². The van der Waals surface area contributed by atoms with Crippen molar-refractivity contribution in [3.8, 4) is 11.5 Å². The van der Waals surface area contributed by atoms with Gasteiger partial charge in [0.2, 0.25) is 0 Å². The number of methoxy groups -OCH3 is 1. The van der Waals surface area contributed by atoms with Crippen molar-refractivity contribution in [3.05, 3.63) is 41.5 Å². The topological polar surface area (TPSA) is 47.5 Å². The summed E-state index contributed by atoms with van der Waals surface area (Å²) in [7, 11) is 1.68. The van der Waals surface area contributed by atoms with Gasteiger partial charge in [-0.25, -0.2) is 9.97 Å². The Morgan fingerprint density at radius 2 is 2.32 bits per heavy atom. The standard InChI is InChI=1S/C16H15N3O2S/c1-20-11-4-5-14-13(9-11)19(7-8-21-14)10-15-18-12-3-2-6-17-16(12)22-15/h2-6,9H,7-8,10H2,1H3. The predicted molar refractivity (Wildman–Crippen MR) is 87.0 cm³/mol. The second kappa shape index (κ2) is 5.46. The first-order valence-corrected chi connectivity index (χ1v) is 7.91. The van der Waals surface area contributed by atoms with Crippen LogP contribution in [-0.4, -0.2) is 30.2 Å². The molecule has 3 heterocycles. The summed E-state index contributed by atoms with van der Waals surface area (Å²) in [5, 5.41) is 1.06. The predicted octanol–water partition coefficient (Wildman–Crippen LogP) is 3.10. The van der Waals surface area contributed by atoms with Crippen LogP contribution in [0.2, 0.25) is 0 Å². The van der Waals surface area contributed by atoms with E-state index in [4.69, 9.17) is 9.47 Å². The number of benzene rings is 1. The summed E-state index contributed by atoms with van der Waals surface area (Å²) in [5.41, 5.74) is 2.01. The second-order valence-corrected chi connectivity index (χ2v) is 6.10. The van der Waals surface area contributed by atoms with Gasteiger partial charge in [0.15, 0.2) is 0 Å². The zero-order valence-electron chi connectivity index (χ0n) is 12.2. The molecule has 0 N–H and O–H groups in total. The van der Waals surface area contributed by atoms with Crippen molar-refractivity contribution in [1.29, 1.82) is 0 Å². The summed E-state index contributed by atoms with van der Waals surface area (Å²) >= 11 is 1.64. The number of pyridine rings is 1. The average Bonchev–Trinajstić information content (AvgIpc) is 2.97. The van der Waals surface area contributed by atoms with Gasteiger partial charge in [-0.1, -0.05) is 11.3 Å². The number of thiazole rings is 1. The Hall–Kier alpha value is -2.34. The van der Waals surface area contributed by atoms with Crippen LogP contribution in [0.25, 0.3) is 10.3 Å². The molecule has 6 heteroatoms. The highest BCUT2D eigenvalue weighted by molar-refractivity contribution is 7.18. The molecule has 22 heavy (non-hydrogen) atoms. The van der Waals surface area contributed by atoms with Crippen LogP contribution in [-0.2, 0) is 6.54 Å². The van der Waals surface area contributed by atoms with E-state index in [-0.39, 0.29) is 0 Å². The van der Waals surface area contributed by atoms with Crippen LogP contribution in [0.4, 0.5) is 5.69 Å². The summed E-state index contributed by atoms with van der Waals surface area (Å²) in [5.74, 6) is 1.73. The summed E-state index contributed by atoms with van der Waals surface area (Å²) in [6, 6.07) is 9.81. The molecule has 0 saturated carbocycles. The minimum atomic E-state index is 0.683. The fraction of sp³-hybridized carbons (Fsp3) is 0.250. The zero-order valence-corrected chi connectivity index (χ0v) is 13.0. The van der Waals surface area contributed by atoms with Gasteiger partial charge in [-0.05, 0) is 24.3 Å². The summed E-state index contributed by atoms with van der Waals surface area (Å²) in [6.45, 7) is 2.27. The quantitative estimate of drug-likeness (QED) is 0.743. The molecular weight excluding hydrogens is 298 g/mol. The van der Waals surface area contributed by atoms with Crippen molar-refractivity contribution < 1.29 is 9.47 Å². The third-order valence-electron chi connectivity index (χ3n) is 3.66. The Morgan fingerprint density at radius 3 is 3.18 bits per heavy atom. The summed E-state index contributed by atoms with van der Waals surface area (Å²) in [6.07, 6.45) is 1.80. The van der Waals surface area contributed by atoms with E-state index in [1.807, 2.05) is 30.3 Å². The van der Waals surface area contributed by atoms with Crippen molar-refractivity contribution >= 4 is 27.4 Å². The highest BCUT2D eigenvalue weighted by atomic mass is 32.1. The van der Waals surface area contributed by atoms with Crippen LogP contribution < -0.4 is 14.4 Å². The molecule has 0 unspecified atom stereocenters. The van der Waals surface area contributed by atoms with Gasteiger partial charge in [-0.2, -0.15) is 0 Å². The van der Waals surface area contributed by atoms with Gasteiger partial charge in [0.1, 0.15) is 33.5 Å². The molecule has 1 aromatic carbocycles. The Morgan fingerprint density at radius 1 is 1.36 bits per heavy atom. The number of hydrogen-bond acceptors (Lipinski definition) is 6. The molecule has 0 spiro atoms. The van der Waals surface area contributed by atoms with Gasteiger partial charge < -0.3 is 14.4 Å². The molecule has 5 nitrogen and oxygen atoms in total. The number of anilines is 1. The van der Waals surface area contributed by atoms with Crippen LogP contribution in [0, 0.1) is 0 Å². The molecule has 0 radical (unpaired) electrons.